The zero-order valence-corrected chi connectivity index (χ0v) is 6.93. The molecule has 0 atom stereocenters. The van der Waals surface area contributed by atoms with Gasteiger partial charge in [-0.3, -0.25) is 0 Å². The molecule has 0 saturated carbocycles. The fourth-order valence-corrected chi connectivity index (χ4v) is 0.911. The van der Waals surface area contributed by atoms with E-state index in [-0.39, 0.29) is 17.2 Å². The third kappa shape index (κ3) is 1.81. The summed E-state index contributed by atoms with van der Waals surface area (Å²) in [6, 6.07) is 2.67. The molecule has 1 aromatic carbocycles. The summed E-state index contributed by atoms with van der Waals surface area (Å²) in [4.78, 5) is 0. The molecule has 0 saturated heterocycles. The summed E-state index contributed by atoms with van der Waals surface area (Å²) in [7, 11) is 1.36. The van der Waals surface area contributed by atoms with Gasteiger partial charge >= 0.3 is 0 Å². The maximum absolute atomic E-state index is 9.21. The van der Waals surface area contributed by atoms with E-state index in [1.807, 2.05) is 0 Å². The molecule has 0 aliphatic carbocycles. The topological polar surface area (TPSA) is 82.3 Å². The summed E-state index contributed by atoms with van der Waals surface area (Å²) in [5.41, 5.74) is 0.426. The van der Waals surface area contributed by atoms with Gasteiger partial charge in [-0.2, -0.15) is 0 Å². The third-order valence-corrected chi connectivity index (χ3v) is 1.50. The van der Waals surface area contributed by atoms with Gasteiger partial charge in [0.05, 0.1) is 13.3 Å². The maximum Gasteiger partial charge on any atom is 0.200 e. The molecule has 1 aromatic rings. The summed E-state index contributed by atoms with van der Waals surface area (Å²) in [6.45, 7) is 0. The first-order valence-corrected chi connectivity index (χ1v) is 3.46. The zero-order chi connectivity index (χ0) is 9.84. The highest BCUT2D eigenvalue weighted by Gasteiger charge is 2.08. The monoisotopic (exact) mass is 183 g/mol. The van der Waals surface area contributed by atoms with Crippen LogP contribution in [0.5, 0.6) is 17.2 Å². The lowest BCUT2D eigenvalue weighted by molar-refractivity contribution is 0.321. The number of nitrogens with zero attached hydrogens (tertiary/aromatic N) is 1. The molecule has 5 nitrogen and oxygen atoms in total. The number of phenols is 2. The minimum atomic E-state index is -0.336. The molecule has 3 N–H and O–H groups in total. The van der Waals surface area contributed by atoms with Crippen LogP contribution in [0.2, 0.25) is 0 Å². The van der Waals surface area contributed by atoms with Crippen LogP contribution in [0.1, 0.15) is 5.56 Å². The second-order valence-corrected chi connectivity index (χ2v) is 2.34. The lowest BCUT2D eigenvalue weighted by Crippen LogP contribution is -1.87. The molecule has 13 heavy (non-hydrogen) atoms. The Morgan fingerprint density at radius 2 is 2.08 bits per heavy atom. The average molecular weight is 183 g/mol. The summed E-state index contributed by atoms with van der Waals surface area (Å²) >= 11 is 0. The van der Waals surface area contributed by atoms with E-state index in [0.717, 1.165) is 6.21 Å². The number of benzene rings is 1. The van der Waals surface area contributed by atoms with Crippen molar-refractivity contribution >= 4 is 6.21 Å². The Kier molecular flexibility index (Phi) is 2.59. The Morgan fingerprint density at radius 1 is 1.38 bits per heavy atom. The van der Waals surface area contributed by atoms with Crippen LogP contribution in [0.3, 0.4) is 0 Å². The first-order chi connectivity index (χ1) is 6.19. The Morgan fingerprint density at radius 3 is 2.62 bits per heavy atom. The van der Waals surface area contributed by atoms with Gasteiger partial charge in [-0.25, -0.2) is 0 Å². The number of phenolic OH excluding ortho intramolecular Hbond substituents is 2. The molecule has 0 amide bonds. The lowest BCUT2D eigenvalue weighted by atomic mass is 10.2. The Bertz CT molecular complexity index is 335. The number of oxime groups is 1. The largest absolute Gasteiger partial charge is 0.504 e. The number of methoxy groups -OCH3 is 1. The highest BCUT2D eigenvalue weighted by atomic mass is 16.5. The zero-order valence-electron chi connectivity index (χ0n) is 6.93. The molecular weight excluding hydrogens is 174 g/mol. The number of aromatic hydroxyl groups is 2. The van der Waals surface area contributed by atoms with Crippen molar-refractivity contribution in [1.29, 1.82) is 0 Å². The third-order valence-electron chi connectivity index (χ3n) is 1.50. The minimum Gasteiger partial charge on any atom is -0.504 e. The van der Waals surface area contributed by atoms with E-state index in [1.165, 1.54) is 19.2 Å². The van der Waals surface area contributed by atoms with Gasteiger partial charge in [0, 0.05) is 5.56 Å². The van der Waals surface area contributed by atoms with Crippen molar-refractivity contribution in [3.63, 3.8) is 0 Å². The quantitative estimate of drug-likeness (QED) is 0.275. The van der Waals surface area contributed by atoms with E-state index >= 15 is 0 Å². The van der Waals surface area contributed by atoms with Gasteiger partial charge in [0.25, 0.3) is 0 Å². The molecule has 0 aromatic heterocycles. The fourth-order valence-electron chi connectivity index (χ4n) is 0.911. The molecule has 0 spiro atoms. The predicted molar refractivity (Wildman–Crippen MR) is 45.7 cm³/mol. The van der Waals surface area contributed by atoms with Crippen LogP contribution in [-0.2, 0) is 0 Å². The first-order valence-electron chi connectivity index (χ1n) is 3.46. The molecule has 0 radical (unpaired) electrons. The molecule has 70 valence electrons. The van der Waals surface area contributed by atoms with E-state index in [0.29, 0.717) is 5.56 Å². The van der Waals surface area contributed by atoms with Crippen LogP contribution >= 0.6 is 0 Å². The van der Waals surface area contributed by atoms with Crippen molar-refractivity contribution in [3.8, 4) is 17.2 Å². The second-order valence-electron chi connectivity index (χ2n) is 2.34. The molecule has 0 aliphatic rings. The van der Waals surface area contributed by atoms with Crippen LogP contribution in [0.15, 0.2) is 17.3 Å². The van der Waals surface area contributed by atoms with E-state index in [4.69, 9.17) is 15.1 Å². The second kappa shape index (κ2) is 3.66. The fraction of sp³-hybridized carbons (Fsp3) is 0.125. The van der Waals surface area contributed by atoms with Crippen LogP contribution in [0.25, 0.3) is 0 Å². The normalized spacial score (nSPS) is 10.5. The highest BCUT2D eigenvalue weighted by molar-refractivity contribution is 5.81. The number of ether oxygens (including phenoxy) is 1. The number of hydrogen-bond donors (Lipinski definition) is 3. The van der Waals surface area contributed by atoms with Gasteiger partial charge in [-0.1, -0.05) is 5.16 Å². The van der Waals surface area contributed by atoms with Gasteiger partial charge in [-0.05, 0) is 12.1 Å². The van der Waals surface area contributed by atoms with Gasteiger partial charge in [-0.15, -0.1) is 0 Å². The highest BCUT2D eigenvalue weighted by Crippen LogP contribution is 2.35. The van der Waals surface area contributed by atoms with E-state index < -0.39 is 0 Å². The van der Waals surface area contributed by atoms with Crippen LogP contribution < -0.4 is 4.74 Å². The molecule has 0 aliphatic heterocycles. The molecule has 0 fully saturated rings. The molecular formula is C8H9NO4. The standard InChI is InChI=1S/C8H9NO4/c1-13-7-3-5(4-9-12)2-6(10)8(7)11/h2-4,10-12H,1H3/b9-4+. The lowest BCUT2D eigenvalue weighted by Gasteiger charge is -2.05. The van der Waals surface area contributed by atoms with Gasteiger partial charge in [0.15, 0.2) is 11.5 Å². The Balaban J connectivity index is 3.21. The number of rotatable bonds is 2. The van der Waals surface area contributed by atoms with Crippen molar-refractivity contribution in [2.75, 3.05) is 7.11 Å². The van der Waals surface area contributed by atoms with E-state index in [2.05, 4.69) is 5.16 Å². The van der Waals surface area contributed by atoms with Crippen molar-refractivity contribution in [3.05, 3.63) is 17.7 Å². The van der Waals surface area contributed by atoms with Crippen molar-refractivity contribution in [2.45, 2.75) is 0 Å². The van der Waals surface area contributed by atoms with Gasteiger partial charge in [0.1, 0.15) is 0 Å². The molecule has 0 bridgehead atoms. The minimum absolute atomic E-state index is 0.120. The Hall–Kier alpha value is -1.91. The van der Waals surface area contributed by atoms with Crippen LogP contribution in [0, 0.1) is 0 Å². The summed E-state index contributed by atoms with van der Waals surface area (Å²) in [6.07, 6.45) is 1.11. The van der Waals surface area contributed by atoms with Crippen molar-refractivity contribution in [1.82, 2.24) is 0 Å². The van der Waals surface area contributed by atoms with E-state index in [1.54, 1.807) is 0 Å². The number of hydrogen-bond acceptors (Lipinski definition) is 5. The van der Waals surface area contributed by atoms with Gasteiger partial charge < -0.3 is 20.2 Å². The van der Waals surface area contributed by atoms with Crippen molar-refractivity contribution in [2.24, 2.45) is 5.16 Å². The first kappa shape index (κ1) is 9.18. The maximum atomic E-state index is 9.21. The molecule has 0 unspecified atom stereocenters. The van der Waals surface area contributed by atoms with E-state index in [9.17, 15) is 5.11 Å². The molecule has 1 rings (SSSR count). The van der Waals surface area contributed by atoms with Crippen LogP contribution in [0.4, 0.5) is 0 Å². The molecule has 5 heteroatoms. The average Bonchev–Trinajstić information content (AvgIpc) is 2.11. The van der Waals surface area contributed by atoms with Crippen molar-refractivity contribution < 1.29 is 20.2 Å². The SMILES string of the molecule is COc1cc(/C=N/O)cc(O)c1O. The smallest absolute Gasteiger partial charge is 0.200 e. The predicted octanol–water partition coefficient (Wildman–Crippen LogP) is 0.914. The molecule has 0 heterocycles. The van der Waals surface area contributed by atoms with Gasteiger partial charge in [0.2, 0.25) is 5.75 Å². The Labute approximate surface area is 74.5 Å². The van der Waals surface area contributed by atoms with Crippen LogP contribution in [-0.4, -0.2) is 28.7 Å². The summed E-state index contributed by atoms with van der Waals surface area (Å²) in [5, 5.41) is 29.4. The summed E-state index contributed by atoms with van der Waals surface area (Å²) in [5.74, 6) is -0.540. The summed E-state index contributed by atoms with van der Waals surface area (Å²) < 4.78 is 4.76.